The number of hydrogen-bond donors (Lipinski definition) is 2. The topological polar surface area (TPSA) is 82.0 Å². The van der Waals surface area contributed by atoms with Crippen LogP contribution in [-0.4, -0.2) is 10.9 Å². The molecular formula is C22H17N3O. The Hall–Kier alpha value is -3.66. The predicted molar refractivity (Wildman–Crippen MR) is 106 cm³/mol. The SMILES string of the molecule is NC(=O)c1cccc(-c2cc(-c3ccccc3)nc3ccccc23)c1N. The van der Waals surface area contributed by atoms with Crippen LogP contribution in [0.15, 0.2) is 78.9 Å². The molecule has 0 saturated heterocycles. The highest BCUT2D eigenvalue weighted by Crippen LogP contribution is 2.36. The van der Waals surface area contributed by atoms with Gasteiger partial charge in [-0.15, -0.1) is 0 Å². The Morgan fingerprint density at radius 1 is 0.808 bits per heavy atom. The van der Waals surface area contributed by atoms with Crippen LogP contribution in [0.3, 0.4) is 0 Å². The van der Waals surface area contributed by atoms with E-state index >= 15 is 0 Å². The van der Waals surface area contributed by atoms with E-state index in [1.165, 1.54) is 0 Å². The van der Waals surface area contributed by atoms with Crippen LogP contribution < -0.4 is 11.5 Å². The number of nitrogens with two attached hydrogens (primary N) is 2. The molecule has 0 fully saturated rings. The molecule has 0 atom stereocenters. The summed E-state index contributed by atoms with van der Waals surface area (Å²) in [6, 6.07) is 25.2. The zero-order valence-electron chi connectivity index (χ0n) is 14.0. The van der Waals surface area contributed by atoms with Crippen LogP contribution in [-0.2, 0) is 0 Å². The number of primary amides is 1. The minimum absolute atomic E-state index is 0.324. The fourth-order valence-electron chi connectivity index (χ4n) is 3.17. The molecule has 3 aromatic carbocycles. The van der Waals surface area contributed by atoms with Gasteiger partial charge in [-0.3, -0.25) is 4.79 Å². The van der Waals surface area contributed by atoms with Crippen molar-refractivity contribution >= 4 is 22.5 Å². The van der Waals surface area contributed by atoms with Gasteiger partial charge in [-0.05, 0) is 23.8 Å². The molecule has 4 nitrogen and oxygen atoms in total. The van der Waals surface area contributed by atoms with Gasteiger partial charge in [0.1, 0.15) is 0 Å². The maximum atomic E-state index is 11.7. The maximum absolute atomic E-state index is 11.7. The Balaban J connectivity index is 2.04. The molecule has 0 aliphatic carbocycles. The summed E-state index contributed by atoms with van der Waals surface area (Å²) in [5.41, 5.74) is 16.9. The first-order chi connectivity index (χ1) is 12.6. The molecular weight excluding hydrogens is 322 g/mol. The van der Waals surface area contributed by atoms with Crippen molar-refractivity contribution in [2.75, 3.05) is 5.73 Å². The number of para-hydroxylation sites is 2. The van der Waals surface area contributed by atoms with Gasteiger partial charge in [-0.1, -0.05) is 60.7 Å². The van der Waals surface area contributed by atoms with Crippen molar-refractivity contribution in [3.8, 4) is 22.4 Å². The molecule has 0 unspecified atom stereocenters. The number of pyridine rings is 1. The molecule has 1 heterocycles. The predicted octanol–water partition coefficient (Wildman–Crippen LogP) is 4.25. The maximum Gasteiger partial charge on any atom is 0.250 e. The van der Waals surface area contributed by atoms with Crippen molar-refractivity contribution in [3.05, 3.63) is 84.4 Å². The van der Waals surface area contributed by atoms with Crippen LogP contribution >= 0.6 is 0 Å². The van der Waals surface area contributed by atoms with E-state index in [4.69, 9.17) is 16.5 Å². The molecule has 26 heavy (non-hydrogen) atoms. The van der Waals surface area contributed by atoms with E-state index < -0.39 is 5.91 Å². The van der Waals surface area contributed by atoms with Gasteiger partial charge < -0.3 is 11.5 Å². The normalized spacial score (nSPS) is 10.8. The van der Waals surface area contributed by atoms with Gasteiger partial charge in [0.15, 0.2) is 0 Å². The number of anilines is 1. The number of rotatable bonds is 3. The number of carbonyl (C=O) groups is 1. The van der Waals surface area contributed by atoms with E-state index in [9.17, 15) is 4.79 Å². The third-order valence-electron chi connectivity index (χ3n) is 4.45. The summed E-state index contributed by atoms with van der Waals surface area (Å²) in [5, 5.41) is 0.973. The van der Waals surface area contributed by atoms with Crippen molar-refractivity contribution in [2.45, 2.75) is 0 Å². The third-order valence-corrected chi connectivity index (χ3v) is 4.45. The van der Waals surface area contributed by atoms with E-state index in [0.717, 1.165) is 33.3 Å². The van der Waals surface area contributed by atoms with Crippen LogP contribution in [0.4, 0.5) is 5.69 Å². The van der Waals surface area contributed by atoms with Crippen molar-refractivity contribution in [3.63, 3.8) is 0 Å². The average Bonchev–Trinajstić information content (AvgIpc) is 2.68. The fourth-order valence-corrected chi connectivity index (χ4v) is 3.17. The number of carbonyl (C=O) groups excluding carboxylic acids is 1. The largest absolute Gasteiger partial charge is 0.398 e. The molecule has 4 rings (SSSR count). The summed E-state index contributed by atoms with van der Waals surface area (Å²) in [6.07, 6.45) is 0. The van der Waals surface area contributed by atoms with E-state index in [1.807, 2.05) is 66.7 Å². The third kappa shape index (κ3) is 2.67. The van der Waals surface area contributed by atoms with Crippen LogP contribution in [0.1, 0.15) is 10.4 Å². The van der Waals surface area contributed by atoms with Crippen molar-refractivity contribution in [2.24, 2.45) is 5.73 Å². The van der Waals surface area contributed by atoms with Crippen molar-refractivity contribution in [1.82, 2.24) is 4.98 Å². The Morgan fingerprint density at radius 2 is 1.54 bits per heavy atom. The molecule has 1 aromatic heterocycles. The van der Waals surface area contributed by atoms with Gasteiger partial charge >= 0.3 is 0 Å². The molecule has 0 spiro atoms. The lowest BCUT2D eigenvalue weighted by molar-refractivity contribution is 0.100. The summed E-state index contributed by atoms with van der Waals surface area (Å²) in [7, 11) is 0. The second kappa shape index (κ2) is 6.33. The van der Waals surface area contributed by atoms with Gasteiger partial charge in [0.2, 0.25) is 0 Å². The number of benzene rings is 3. The zero-order valence-corrected chi connectivity index (χ0v) is 14.0. The van der Waals surface area contributed by atoms with E-state index in [2.05, 4.69) is 0 Å². The first-order valence-corrected chi connectivity index (χ1v) is 8.29. The molecule has 0 bridgehead atoms. The highest BCUT2D eigenvalue weighted by molar-refractivity contribution is 6.05. The second-order valence-corrected chi connectivity index (χ2v) is 6.07. The van der Waals surface area contributed by atoms with Crippen LogP contribution in [0, 0.1) is 0 Å². The summed E-state index contributed by atoms with van der Waals surface area (Å²) >= 11 is 0. The molecule has 0 aliphatic heterocycles. The minimum atomic E-state index is -0.536. The summed E-state index contributed by atoms with van der Waals surface area (Å²) in [4.78, 5) is 16.5. The number of aromatic nitrogens is 1. The van der Waals surface area contributed by atoms with Gasteiger partial charge in [0, 0.05) is 16.5 Å². The van der Waals surface area contributed by atoms with E-state index in [1.54, 1.807) is 12.1 Å². The number of fused-ring (bicyclic) bond motifs is 1. The summed E-state index contributed by atoms with van der Waals surface area (Å²) < 4.78 is 0. The molecule has 1 amide bonds. The highest BCUT2D eigenvalue weighted by atomic mass is 16.1. The number of nitrogen functional groups attached to an aromatic ring is 1. The molecule has 0 radical (unpaired) electrons. The Morgan fingerprint density at radius 3 is 2.31 bits per heavy atom. The Bertz CT molecular complexity index is 1120. The molecule has 4 N–H and O–H groups in total. The Kier molecular flexibility index (Phi) is 3.86. The lowest BCUT2D eigenvalue weighted by Gasteiger charge is -2.13. The van der Waals surface area contributed by atoms with Gasteiger partial charge in [-0.25, -0.2) is 4.98 Å². The number of nitrogens with zero attached hydrogens (tertiary/aromatic N) is 1. The van der Waals surface area contributed by atoms with Crippen molar-refractivity contribution in [1.29, 1.82) is 0 Å². The molecule has 4 aromatic rings. The van der Waals surface area contributed by atoms with Crippen molar-refractivity contribution < 1.29 is 4.79 Å². The minimum Gasteiger partial charge on any atom is -0.398 e. The number of hydrogen-bond acceptors (Lipinski definition) is 3. The van der Waals surface area contributed by atoms with Gasteiger partial charge in [0.05, 0.1) is 22.5 Å². The highest BCUT2D eigenvalue weighted by Gasteiger charge is 2.15. The second-order valence-electron chi connectivity index (χ2n) is 6.07. The van der Waals surface area contributed by atoms with Gasteiger partial charge in [-0.2, -0.15) is 0 Å². The monoisotopic (exact) mass is 339 g/mol. The van der Waals surface area contributed by atoms with E-state index in [0.29, 0.717) is 11.3 Å². The smallest absolute Gasteiger partial charge is 0.250 e. The Labute approximate surface area is 151 Å². The summed E-state index contributed by atoms with van der Waals surface area (Å²) in [5.74, 6) is -0.536. The lowest BCUT2D eigenvalue weighted by Crippen LogP contribution is -2.13. The van der Waals surface area contributed by atoms with Crippen LogP contribution in [0.5, 0.6) is 0 Å². The average molecular weight is 339 g/mol. The molecule has 0 aliphatic rings. The van der Waals surface area contributed by atoms with E-state index in [-0.39, 0.29) is 0 Å². The first kappa shape index (κ1) is 15.8. The van der Waals surface area contributed by atoms with Gasteiger partial charge in [0.25, 0.3) is 5.91 Å². The zero-order chi connectivity index (χ0) is 18.1. The van der Waals surface area contributed by atoms with Crippen LogP contribution in [0.2, 0.25) is 0 Å². The molecule has 4 heteroatoms. The fraction of sp³-hybridized carbons (Fsp3) is 0. The van der Waals surface area contributed by atoms with Crippen LogP contribution in [0.25, 0.3) is 33.3 Å². The molecule has 0 saturated carbocycles. The summed E-state index contributed by atoms with van der Waals surface area (Å²) in [6.45, 7) is 0. The standard InChI is InChI=1S/C22H17N3O/c23-21-16(10-6-11-17(21)22(24)26)18-13-20(14-7-2-1-3-8-14)25-19-12-5-4-9-15(18)19/h1-13H,23H2,(H2,24,26). The quantitative estimate of drug-likeness (QED) is 0.547. The number of amides is 1. The lowest BCUT2D eigenvalue weighted by atomic mass is 9.95. The molecule has 126 valence electrons. The first-order valence-electron chi connectivity index (χ1n) is 8.29.